The molecule has 16 heteroatoms. The van der Waals surface area contributed by atoms with Gasteiger partial charge in [0.05, 0.1) is 24.7 Å². The zero-order valence-electron chi connectivity index (χ0n) is 29.5. The van der Waals surface area contributed by atoms with E-state index in [0.29, 0.717) is 33.3 Å². The Kier molecular flexibility index (Phi) is 15.0. The van der Waals surface area contributed by atoms with Gasteiger partial charge in [0, 0.05) is 29.8 Å². The second-order valence-electron chi connectivity index (χ2n) is 12.9. The second-order valence-corrected chi connectivity index (χ2v) is 14.7. The van der Waals surface area contributed by atoms with Gasteiger partial charge in [0.2, 0.25) is 5.24 Å². The van der Waals surface area contributed by atoms with Crippen molar-refractivity contribution in [1.29, 1.82) is 0 Å². The van der Waals surface area contributed by atoms with Crippen molar-refractivity contribution < 1.29 is 44.7 Å². The molecule has 57 heavy (non-hydrogen) atoms. The van der Waals surface area contributed by atoms with Crippen LogP contribution in [0, 0.1) is 11.6 Å². The summed E-state index contributed by atoms with van der Waals surface area (Å²) in [6.07, 6.45) is -10.1. The zero-order valence-corrected chi connectivity index (χ0v) is 31.8. The highest BCUT2D eigenvalue weighted by atomic mass is 35.5. The molecule has 5 nitrogen and oxygen atoms in total. The normalized spacial score (nSPS) is 13.7. The Labute approximate surface area is 336 Å². The maximum absolute atomic E-state index is 13.7. The van der Waals surface area contributed by atoms with E-state index in [9.17, 15) is 44.7 Å². The van der Waals surface area contributed by atoms with Crippen molar-refractivity contribution in [3.8, 4) is 0 Å². The summed E-state index contributed by atoms with van der Waals surface area (Å²) < 4.78 is 103. The van der Waals surface area contributed by atoms with Gasteiger partial charge >= 0.3 is 12.4 Å². The van der Waals surface area contributed by atoms with Crippen LogP contribution in [0.1, 0.15) is 29.5 Å². The summed E-state index contributed by atoms with van der Waals surface area (Å²) in [6.45, 7) is 0. The largest absolute Gasteiger partial charge is 0.397 e. The van der Waals surface area contributed by atoms with E-state index < -0.39 is 51.8 Å². The molecule has 0 bridgehead atoms. The molecule has 0 spiro atoms. The number of halogens is 11. The first-order valence-corrected chi connectivity index (χ1v) is 18.0. The van der Waals surface area contributed by atoms with Crippen LogP contribution in [0.5, 0.6) is 0 Å². The number of alkyl halides is 8. The summed E-state index contributed by atoms with van der Waals surface area (Å²) in [5.74, 6) is -1.58. The van der Waals surface area contributed by atoms with Gasteiger partial charge in [-0.05, 0) is 59.0 Å². The molecule has 4 aromatic carbocycles. The minimum Gasteiger partial charge on any atom is -0.397 e. The number of Topliss-reactive ketones (excluding diaryl/α,β-unsaturated/α-hetero) is 1. The van der Waals surface area contributed by atoms with Gasteiger partial charge in [-0.25, -0.2) is 8.78 Å². The molecule has 0 radical (unpaired) electrons. The lowest BCUT2D eigenvalue weighted by Gasteiger charge is -2.27. The predicted octanol–water partition coefficient (Wildman–Crippen LogP) is 11.5. The number of ketones is 1. The van der Waals surface area contributed by atoms with Crippen molar-refractivity contribution in [3.63, 3.8) is 0 Å². The standard InChI is InChI=1S/C21H16ClF4NO.C11H9Cl2F3O.C9H7FN2/c22-20(13-21(24,25)26,11-14-5-2-1-3-6-14)18(28)10-15-9-16-7-4-8-17(23)19(16)27-12-15;12-9(17)10(13,7-11(14,15)16)6-8-4-2-1-3-5-8;10-8-3-1-2-6-4-7(11)5-12-9(6)8/h1-9,12H,10-11,13H2;1-5H,6-7H2;1-5H,11H2. The molecule has 0 saturated carbocycles. The molecule has 2 atom stereocenters. The fourth-order valence-electron chi connectivity index (χ4n) is 5.69. The molecule has 6 aromatic rings. The molecule has 0 aliphatic heterocycles. The van der Waals surface area contributed by atoms with Crippen molar-refractivity contribution in [3.05, 3.63) is 150 Å². The van der Waals surface area contributed by atoms with Gasteiger partial charge < -0.3 is 5.73 Å². The number of aromatic nitrogens is 2. The predicted molar refractivity (Wildman–Crippen MR) is 206 cm³/mol. The number of hydrogen-bond acceptors (Lipinski definition) is 5. The van der Waals surface area contributed by atoms with E-state index in [0.717, 1.165) is 5.39 Å². The van der Waals surface area contributed by atoms with E-state index in [4.69, 9.17) is 40.5 Å². The molecule has 2 heterocycles. The second kappa shape index (κ2) is 19.1. The molecule has 0 amide bonds. The van der Waals surface area contributed by atoms with Crippen LogP contribution < -0.4 is 5.73 Å². The van der Waals surface area contributed by atoms with Crippen LogP contribution in [0.4, 0.5) is 40.8 Å². The van der Waals surface area contributed by atoms with Crippen molar-refractivity contribution >= 4 is 73.3 Å². The number of para-hydroxylation sites is 2. The van der Waals surface area contributed by atoms with Gasteiger partial charge in [-0.15, -0.1) is 23.2 Å². The Morgan fingerprint density at radius 2 is 1.02 bits per heavy atom. The van der Waals surface area contributed by atoms with E-state index in [1.54, 1.807) is 84.9 Å². The number of nitrogens with zero attached hydrogens (tertiary/aromatic N) is 2. The average Bonchev–Trinajstić information content (AvgIpc) is 3.11. The summed E-state index contributed by atoms with van der Waals surface area (Å²) in [4.78, 5) is 27.5. The Balaban J connectivity index is 0.000000210. The lowest BCUT2D eigenvalue weighted by atomic mass is 9.88. The maximum Gasteiger partial charge on any atom is 0.391 e. The molecule has 0 aliphatic rings. The summed E-state index contributed by atoms with van der Waals surface area (Å²) in [5.41, 5.74) is 7.98. The minimum absolute atomic E-state index is 0.135. The van der Waals surface area contributed by atoms with Crippen molar-refractivity contribution in [2.24, 2.45) is 0 Å². The van der Waals surface area contributed by atoms with Crippen molar-refractivity contribution in [1.82, 2.24) is 9.97 Å². The monoisotopic (exact) mass is 855 g/mol. The third-order valence-electron chi connectivity index (χ3n) is 8.23. The highest BCUT2D eigenvalue weighted by Gasteiger charge is 2.47. The Hall–Kier alpha value is -4.85. The van der Waals surface area contributed by atoms with E-state index in [1.165, 1.54) is 36.7 Å². The zero-order chi connectivity index (χ0) is 42.0. The van der Waals surface area contributed by atoms with Gasteiger partial charge in [-0.1, -0.05) is 84.9 Å². The third kappa shape index (κ3) is 13.6. The molecular formula is C41H32Cl3F8N3O2. The molecular weight excluding hydrogens is 825 g/mol. The first kappa shape index (κ1) is 44.9. The summed E-state index contributed by atoms with van der Waals surface area (Å²) >= 11 is 17.1. The topological polar surface area (TPSA) is 85.9 Å². The van der Waals surface area contributed by atoms with E-state index in [2.05, 4.69) is 9.97 Å². The summed E-state index contributed by atoms with van der Waals surface area (Å²) in [7, 11) is 0. The Bertz CT molecular complexity index is 2300. The van der Waals surface area contributed by atoms with Gasteiger partial charge in [-0.2, -0.15) is 26.3 Å². The van der Waals surface area contributed by atoms with Gasteiger partial charge in [0.15, 0.2) is 5.78 Å². The summed E-state index contributed by atoms with van der Waals surface area (Å²) in [5, 5.41) is -0.000280. The van der Waals surface area contributed by atoms with E-state index in [1.807, 2.05) is 0 Å². The number of pyridine rings is 2. The molecule has 6 rings (SSSR count). The quantitative estimate of drug-likeness (QED) is 0.0842. The number of nitrogens with two attached hydrogens (primary N) is 1. The number of carbonyl (C=O) groups is 2. The lowest BCUT2D eigenvalue weighted by Crippen LogP contribution is -2.40. The Morgan fingerprint density at radius 1 is 0.579 bits per heavy atom. The number of carbonyl (C=O) groups excluding carboxylic acids is 2. The molecule has 0 fully saturated rings. The van der Waals surface area contributed by atoms with Crippen LogP contribution in [0.2, 0.25) is 0 Å². The Morgan fingerprint density at radius 3 is 1.49 bits per heavy atom. The molecule has 2 aromatic heterocycles. The SMILES string of the molecule is Nc1cnc2c(F)cccc2c1.O=C(Cc1cnc2c(F)cccc2c1)C(Cl)(Cc1ccccc1)CC(F)(F)F.O=C(Cl)C(Cl)(Cc1ccccc1)CC(F)(F)F. The van der Waals surface area contributed by atoms with E-state index >= 15 is 0 Å². The highest BCUT2D eigenvalue weighted by molar-refractivity contribution is 6.70. The number of benzene rings is 4. The molecule has 2 unspecified atom stereocenters. The first-order chi connectivity index (χ1) is 26.7. The van der Waals surface area contributed by atoms with Gasteiger partial charge in [0.25, 0.3) is 0 Å². The fraction of sp³-hybridized carbons (Fsp3) is 0.220. The van der Waals surface area contributed by atoms with E-state index in [-0.39, 0.29) is 30.6 Å². The summed E-state index contributed by atoms with van der Waals surface area (Å²) in [6, 6.07) is 28.9. The molecule has 0 saturated heterocycles. The maximum atomic E-state index is 13.7. The first-order valence-electron chi connectivity index (χ1n) is 16.8. The van der Waals surface area contributed by atoms with Crippen LogP contribution in [0.25, 0.3) is 21.8 Å². The van der Waals surface area contributed by atoms with Crippen LogP contribution in [-0.2, 0) is 28.9 Å². The number of hydrogen-bond donors (Lipinski definition) is 1. The third-order valence-corrected chi connectivity index (χ3v) is 9.61. The number of rotatable bonds is 10. The van der Waals surface area contributed by atoms with Crippen molar-refractivity contribution in [2.45, 2.75) is 54.2 Å². The highest BCUT2D eigenvalue weighted by Crippen LogP contribution is 2.38. The average molecular weight is 857 g/mol. The van der Waals surface area contributed by atoms with Crippen LogP contribution in [0.15, 0.2) is 122 Å². The van der Waals surface area contributed by atoms with Gasteiger partial charge in [-0.3, -0.25) is 19.6 Å². The van der Waals surface area contributed by atoms with Crippen LogP contribution >= 0.6 is 34.8 Å². The molecule has 0 aliphatic carbocycles. The number of nitrogen functional groups attached to an aromatic ring is 1. The lowest BCUT2D eigenvalue weighted by molar-refractivity contribution is -0.149. The van der Waals surface area contributed by atoms with Crippen LogP contribution in [0.3, 0.4) is 0 Å². The minimum atomic E-state index is -4.60. The van der Waals surface area contributed by atoms with Crippen molar-refractivity contribution in [2.75, 3.05) is 5.73 Å². The smallest absolute Gasteiger partial charge is 0.391 e. The molecule has 2 N–H and O–H groups in total. The number of fused-ring (bicyclic) bond motifs is 2. The van der Waals surface area contributed by atoms with Crippen LogP contribution in [-0.4, -0.2) is 43.1 Å². The molecule has 300 valence electrons. The number of anilines is 1. The fourth-order valence-corrected chi connectivity index (χ4v) is 6.50. The van der Waals surface area contributed by atoms with Gasteiger partial charge in [0.1, 0.15) is 32.4 Å².